The van der Waals surface area contributed by atoms with Gasteiger partial charge in [-0.15, -0.1) is 0 Å². The highest BCUT2D eigenvalue weighted by molar-refractivity contribution is 7.59. The largest absolute Gasteiger partial charge is 0.756 e. The molecule has 127 heavy (non-hydrogen) atoms. The third-order valence-corrected chi connectivity index (χ3v) is 25.6. The van der Waals surface area contributed by atoms with E-state index in [1.54, 1.807) is 6.92 Å². The first kappa shape index (κ1) is 119. The number of nitrogens with one attached hydrogen (secondary N) is 2. The van der Waals surface area contributed by atoms with Crippen LogP contribution in [-0.4, -0.2) is 237 Å². The molecule has 5 unspecified atom stereocenters. The summed E-state index contributed by atoms with van der Waals surface area (Å²) in [4.78, 5) is 88.7. The molecular weight excluding hydrogens is 1770 g/mol. The quantitative estimate of drug-likeness (QED) is 0.0212. The fourth-order valence-corrected chi connectivity index (χ4v) is 17.2. The molecule has 2 aliphatic rings. The van der Waals surface area contributed by atoms with Crippen LogP contribution in [0.15, 0.2) is 128 Å². The van der Waals surface area contributed by atoms with Crippen LogP contribution in [0.4, 0.5) is 0 Å². The van der Waals surface area contributed by atoms with Crippen LogP contribution in [0, 0.1) is 0 Å². The van der Waals surface area contributed by atoms with E-state index in [1.807, 2.05) is 6.92 Å². The minimum Gasteiger partial charge on any atom is -0.756 e. The lowest BCUT2D eigenvalue weighted by atomic mass is 9.94. The van der Waals surface area contributed by atoms with E-state index < -0.39 is 214 Å². The smallest absolute Gasteiger partial charge is 0.276 e. The maximum absolute atomic E-state index is 13.2. The number of phosphoric ester groups is 5. The van der Waals surface area contributed by atoms with Crippen molar-refractivity contribution >= 4 is 50.9 Å². The van der Waals surface area contributed by atoms with E-state index in [-0.39, 0.29) is 0 Å². The first-order valence-electron chi connectivity index (χ1n) is 42.5. The van der Waals surface area contributed by atoms with Gasteiger partial charge in [0.2, 0.25) is 11.8 Å². The molecule has 0 bridgehead atoms. The zero-order valence-electron chi connectivity index (χ0n) is 75.6. The number of amides is 2. The predicted octanol–water partition coefficient (Wildman–Crippen LogP) is 7.15. The standard InChI is InChI=1S/C84H147N2O36P5/c1-55(2)25-15-26-56(3)27-16-28-57(4)29-17-30-58(5)31-18-32-59(6)33-19-34-60(7)35-20-36-61(8)37-21-38-62(9)39-22-40-63(10)41-23-42-64(11)43-24-44-65(12)45-46-111-126(107,108)122-127(109,110)121-84-76(86-67(14)91)79(99)81(73(48-88)118-84)119-83-75(85-66(13)90)80(100)82(74(49-89)117-83)120-125(105,106)113-51-68(92)50-112-123(101,102)114-53-71(95)78(98)72(96)54-116-124(103,104)115-52-70(94)77(97)69(93)47-87/h25,27,29,31,33,35,37,39,41,43,45,68-84,87-89,92-100H,15-24,26,28,30,32,34,36,38,40,42,44,46-54H2,1-14H3,(H,85,90)(H,86,91)(H,101,102)(H,103,104)(H,105,106)(H,107,108)(H,109,110)/p-5/b56-27+,57-29+,58-31-,59-33-,60-35-,61-37-,62-39-,63-41-,64-43-,65-45-/t68-,69-,70+,71+,72-,73-,74-,75-,76-,77-,78+,79-,80-,81-,82-,83+,84-/m1/s1. The van der Waals surface area contributed by atoms with Crippen molar-refractivity contribution in [3.05, 3.63) is 128 Å². The van der Waals surface area contributed by atoms with Crippen LogP contribution in [0.2, 0.25) is 0 Å². The minimum absolute atomic E-state index is 0.487. The van der Waals surface area contributed by atoms with Gasteiger partial charge in [-0.25, -0.2) is 4.31 Å². The molecule has 0 aromatic rings. The molecule has 0 spiro atoms. The summed E-state index contributed by atoms with van der Waals surface area (Å²) in [6.45, 7) is 16.6. The Labute approximate surface area is 747 Å². The average Bonchev–Trinajstić information content (AvgIpc) is 0.769. The molecule has 2 fully saturated rings. The monoisotopic (exact) mass is 1910 g/mol. The first-order valence-corrected chi connectivity index (χ1v) is 49.8. The fourth-order valence-electron chi connectivity index (χ4n) is 12.7. The van der Waals surface area contributed by atoms with Crippen molar-refractivity contribution < 1.29 is 173 Å². The van der Waals surface area contributed by atoms with Gasteiger partial charge >= 0.3 is 0 Å². The fraction of sp³-hybridized carbons (Fsp3) is 0.714. The molecule has 14 N–H and O–H groups in total. The summed E-state index contributed by atoms with van der Waals surface area (Å²) in [6, 6.07) is -4.07. The van der Waals surface area contributed by atoms with Crippen molar-refractivity contribution in [2.75, 3.05) is 59.5 Å². The molecule has 0 saturated carbocycles. The van der Waals surface area contributed by atoms with Gasteiger partial charge in [0, 0.05) is 13.8 Å². The second-order valence-electron chi connectivity index (χ2n) is 32.5. The molecule has 0 aliphatic carbocycles. The number of carbonyl (C=O) groups excluding carboxylic acids is 2. The second kappa shape index (κ2) is 61.9. The molecule has 2 rings (SSSR count). The summed E-state index contributed by atoms with van der Waals surface area (Å²) in [6.07, 6.45) is 11.8. The molecule has 2 heterocycles. The lowest BCUT2D eigenvalue weighted by Crippen LogP contribution is -2.69. The number of aliphatic hydroxyl groups is 12. The van der Waals surface area contributed by atoms with Gasteiger partial charge in [-0.3, -0.25) is 36.9 Å². The maximum atomic E-state index is 13.2. The van der Waals surface area contributed by atoms with Crippen molar-refractivity contribution in [1.29, 1.82) is 0 Å². The van der Waals surface area contributed by atoms with Crippen LogP contribution >= 0.6 is 39.1 Å². The molecular formula is C84H142N2O36P5-5. The lowest BCUT2D eigenvalue weighted by molar-refractivity contribution is -0.333. The van der Waals surface area contributed by atoms with E-state index in [0.717, 1.165) is 135 Å². The number of rotatable bonds is 65. The Morgan fingerprint density at radius 3 is 0.961 bits per heavy atom. The highest BCUT2D eigenvalue weighted by atomic mass is 31.3. The van der Waals surface area contributed by atoms with E-state index in [9.17, 15) is 113 Å². The number of carbonyl (C=O) groups is 2. The molecule has 2 saturated heterocycles. The summed E-state index contributed by atoms with van der Waals surface area (Å²) in [5.41, 5.74) is 14.6. The van der Waals surface area contributed by atoms with Crippen molar-refractivity contribution in [3.63, 3.8) is 0 Å². The highest BCUT2D eigenvalue weighted by Crippen LogP contribution is 2.57. The molecule has 0 radical (unpaired) electrons. The molecule has 38 nitrogen and oxygen atoms in total. The van der Waals surface area contributed by atoms with Crippen LogP contribution in [0.3, 0.4) is 0 Å². The Hall–Kier alpha value is -3.93. The van der Waals surface area contributed by atoms with Crippen LogP contribution in [0.25, 0.3) is 0 Å². The van der Waals surface area contributed by atoms with Gasteiger partial charge in [-0.1, -0.05) is 128 Å². The summed E-state index contributed by atoms with van der Waals surface area (Å²) in [5.74, 6) is -1.99. The van der Waals surface area contributed by atoms with E-state index in [1.165, 1.54) is 56.2 Å². The number of phosphoric acid groups is 5. The average molecular weight is 1910 g/mol. The Bertz CT molecular complexity index is 3910. The molecule has 22 atom stereocenters. The van der Waals surface area contributed by atoms with Crippen molar-refractivity contribution in [2.24, 2.45) is 0 Å². The van der Waals surface area contributed by atoms with Crippen LogP contribution in [0.1, 0.15) is 225 Å². The van der Waals surface area contributed by atoms with Gasteiger partial charge in [-0.2, -0.15) is 0 Å². The summed E-state index contributed by atoms with van der Waals surface area (Å²) in [5, 5.41) is 127. The summed E-state index contributed by atoms with van der Waals surface area (Å²) in [7, 11) is -28.9. The van der Waals surface area contributed by atoms with Gasteiger partial charge < -0.3 is 142 Å². The maximum Gasteiger partial charge on any atom is 0.276 e. The Kier molecular flexibility index (Phi) is 58.0. The molecule has 0 aromatic carbocycles. The van der Waals surface area contributed by atoms with Crippen molar-refractivity contribution in [1.82, 2.24) is 10.6 Å². The van der Waals surface area contributed by atoms with Gasteiger partial charge in [0.05, 0.1) is 59.5 Å². The third-order valence-electron chi connectivity index (χ3n) is 20.3. The Morgan fingerprint density at radius 2 is 0.638 bits per heavy atom. The molecule has 2 aliphatic heterocycles. The Morgan fingerprint density at radius 1 is 0.354 bits per heavy atom. The van der Waals surface area contributed by atoms with Gasteiger partial charge in [0.15, 0.2) is 12.6 Å². The SMILES string of the molecule is CC(=O)N[C@H]1[C@@H](OP(=O)([O-])OP(=O)([O-])OC/C=C(/C)CC/C=C(/C)CC/C=C(/C)CC/C=C(/C)CC/C=C(/C)CC/C=C(/C)CC/C=C(/C)CC/C=C(/C)CC/C=C(\C)CC/C=C(\C)CCC=C(C)C)O[C@H](CO)[C@@H](O[C@@H]2O[C@H](CO)[C@@H](OP(=O)([O-])OC[C@H](O)COP(=O)([O-])OC[C@H](O)[C@H](O)[C@H](O)COP(=O)([O-])OC[C@H](O)[C@H](O)[C@H](O)CO)[C@H](O)[C@H]2NC(C)=O)[C@@H]1O. The van der Waals surface area contributed by atoms with Gasteiger partial charge in [-0.05, 0) is 212 Å². The number of aliphatic hydroxyl groups excluding tert-OH is 12. The number of hydrogen-bond acceptors (Lipinski definition) is 36. The molecule has 2 amide bonds. The van der Waals surface area contributed by atoms with Crippen molar-refractivity contribution in [3.8, 4) is 0 Å². The van der Waals surface area contributed by atoms with Crippen LogP contribution in [-0.2, 0) is 87.1 Å². The number of allylic oxidation sites excluding steroid dienone is 21. The van der Waals surface area contributed by atoms with Crippen LogP contribution in [0.5, 0.6) is 0 Å². The number of ether oxygens (including phenoxy) is 3. The van der Waals surface area contributed by atoms with Crippen molar-refractivity contribution in [2.45, 2.75) is 329 Å². The Balaban J connectivity index is 1.87. The molecule has 734 valence electrons. The number of hydrogen-bond donors (Lipinski definition) is 14. The van der Waals surface area contributed by atoms with Crippen LogP contribution < -0.4 is 35.1 Å². The van der Waals surface area contributed by atoms with Gasteiger partial charge in [0.1, 0.15) is 91.4 Å². The summed E-state index contributed by atoms with van der Waals surface area (Å²) < 4.78 is 122. The zero-order chi connectivity index (χ0) is 96.0. The topological polar surface area (TPSA) is 612 Å². The van der Waals surface area contributed by atoms with E-state index in [0.29, 0.717) is 18.4 Å². The second-order valence-corrected chi connectivity index (χ2v) is 39.6. The van der Waals surface area contributed by atoms with Gasteiger partial charge in [0.25, 0.3) is 39.1 Å². The predicted molar refractivity (Wildman–Crippen MR) is 463 cm³/mol. The third kappa shape index (κ3) is 52.5. The molecule has 43 heteroatoms. The summed E-state index contributed by atoms with van der Waals surface area (Å²) >= 11 is 0. The van der Waals surface area contributed by atoms with E-state index in [2.05, 4.69) is 168 Å². The van der Waals surface area contributed by atoms with E-state index in [4.69, 9.17) is 32.9 Å². The van der Waals surface area contributed by atoms with E-state index >= 15 is 0 Å². The highest BCUT2D eigenvalue weighted by Gasteiger charge is 2.54. The first-order chi connectivity index (χ1) is 59.3. The minimum atomic E-state index is -6.15. The molecule has 0 aromatic heterocycles. The lowest BCUT2D eigenvalue weighted by Gasteiger charge is -2.49. The zero-order valence-corrected chi connectivity index (χ0v) is 80.0. The normalized spacial score (nSPS) is 24.9.